The van der Waals surface area contributed by atoms with E-state index in [1.54, 1.807) is 7.11 Å². The van der Waals surface area contributed by atoms with Crippen LogP contribution in [0.15, 0.2) is 24.5 Å². The van der Waals surface area contributed by atoms with Gasteiger partial charge in [-0.15, -0.1) is 0 Å². The van der Waals surface area contributed by atoms with Gasteiger partial charge in [0.2, 0.25) is 0 Å². The molecule has 2 aromatic rings. The predicted octanol–water partition coefficient (Wildman–Crippen LogP) is 2.05. The number of aryl methyl sites for hydroxylation is 1. The van der Waals surface area contributed by atoms with Crippen LogP contribution in [-0.2, 0) is 6.42 Å². The van der Waals surface area contributed by atoms with Crippen LogP contribution in [0.25, 0.3) is 17.0 Å². The van der Waals surface area contributed by atoms with E-state index in [0.717, 1.165) is 24.1 Å². The molecule has 0 saturated carbocycles. The molecule has 0 N–H and O–H groups in total. The predicted molar refractivity (Wildman–Crippen MR) is 59.6 cm³/mol. The Kier molecular flexibility index (Phi) is 1.78. The SMILES string of the molecule is COn1c2c(c3ccncc31)CCC=C2. The highest BCUT2D eigenvalue weighted by Crippen LogP contribution is 2.29. The summed E-state index contributed by atoms with van der Waals surface area (Å²) in [5.74, 6) is 0. The summed E-state index contributed by atoms with van der Waals surface area (Å²) in [6, 6.07) is 2.06. The second-order valence-electron chi connectivity index (χ2n) is 3.67. The topological polar surface area (TPSA) is 27.1 Å². The lowest BCUT2D eigenvalue weighted by Crippen LogP contribution is -2.08. The summed E-state index contributed by atoms with van der Waals surface area (Å²) in [5, 5.41) is 1.26. The lowest BCUT2D eigenvalue weighted by molar-refractivity contribution is 0.177. The van der Waals surface area contributed by atoms with Crippen LogP contribution in [0.1, 0.15) is 17.7 Å². The van der Waals surface area contributed by atoms with Gasteiger partial charge in [-0.05, 0) is 30.5 Å². The molecule has 2 aromatic heterocycles. The zero-order valence-electron chi connectivity index (χ0n) is 8.60. The Morgan fingerprint density at radius 1 is 1.47 bits per heavy atom. The molecule has 0 atom stereocenters. The first-order valence-corrected chi connectivity index (χ1v) is 5.10. The molecule has 0 fully saturated rings. The largest absolute Gasteiger partial charge is 0.416 e. The van der Waals surface area contributed by atoms with Crippen molar-refractivity contribution in [3.8, 4) is 0 Å². The molecular formula is C12H12N2O. The van der Waals surface area contributed by atoms with Crippen molar-refractivity contribution >= 4 is 17.0 Å². The monoisotopic (exact) mass is 200 g/mol. The van der Waals surface area contributed by atoms with Crippen molar-refractivity contribution in [1.29, 1.82) is 0 Å². The normalized spacial score (nSPS) is 14.2. The van der Waals surface area contributed by atoms with E-state index in [9.17, 15) is 0 Å². The third-order valence-corrected chi connectivity index (χ3v) is 2.89. The van der Waals surface area contributed by atoms with E-state index in [2.05, 4.69) is 23.2 Å². The van der Waals surface area contributed by atoms with Gasteiger partial charge in [-0.1, -0.05) is 6.08 Å². The summed E-state index contributed by atoms with van der Waals surface area (Å²) < 4.78 is 1.85. The molecule has 0 aliphatic heterocycles. The maximum Gasteiger partial charge on any atom is 0.106 e. The number of nitrogens with zero attached hydrogens (tertiary/aromatic N) is 2. The van der Waals surface area contributed by atoms with Gasteiger partial charge in [0.15, 0.2) is 0 Å². The molecule has 0 saturated heterocycles. The van der Waals surface area contributed by atoms with E-state index in [0.29, 0.717) is 0 Å². The minimum Gasteiger partial charge on any atom is -0.416 e. The van der Waals surface area contributed by atoms with E-state index in [1.165, 1.54) is 10.9 Å². The van der Waals surface area contributed by atoms with E-state index >= 15 is 0 Å². The number of aromatic nitrogens is 2. The fourth-order valence-corrected chi connectivity index (χ4v) is 2.24. The highest BCUT2D eigenvalue weighted by atomic mass is 16.6. The quantitative estimate of drug-likeness (QED) is 0.704. The molecule has 0 unspecified atom stereocenters. The Bertz CT molecular complexity index is 525. The maximum atomic E-state index is 5.39. The molecule has 3 nitrogen and oxygen atoms in total. The fourth-order valence-electron chi connectivity index (χ4n) is 2.24. The highest BCUT2D eigenvalue weighted by molar-refractivity contribution is 5.87. The van der Waals surface area contributed by atoms with Gasteiger partial charge < -0.3 is 4.84 Å². The van der Waals surface area contributed by atoms with Crippen molar-refractivity contribution in [3.63, 3.8) is 0 Å². The van der Waals surface area contributed by atoms with Crippen LogP contribution in [-0.4, -0.2) is 16.8 Å². The third-order valence-electron chi connectivity index (χ3n) is 2.89. The van der Waals surface area contributed by atoms with Gasteiger partial charge in [-0.25, -0.2) is 0 Å². The van der Waals surface area contributed by atoms with Crippen LogP contribution in [0.4, 0.5) is 0 Å². The van der Waals surface area contributed by atoms with Gasteiger partial charge in [0, 0.05) is 11.6 Å². The first kappa shape index (κ1) is 8.53. The van der Waals surface area contributed by atoms with Crippen molar-refractivity contribution in [3.05, 3.63) is 35.8 Å². The molecule has 2 heterocycles. The van der Waals surface area contributed by atoms with Crippen LogP contribution >= 0.6 is 0 Å². The van der Waals surface area contributed by atoms with Gasteiger partial charge in [0.1, 0.15) is 12.6 Å². The van der Waals surface area contributed by atoms with E-state index in [1.807, 2.05) is 17.1 Å². The third kappa shape index (κ3) is 1.09. The molecule has 0 spiro atoms. The molecule has 0 bridgehead atoms. The van der Waals surface area contributed by atoms with Crippen LogP contribution in [0.5, 0.6) is 0 Å². The summed E-state index contributed by atoms with van der Waals surface area (Å²) in [5.41, 5.74) is 3.58. The zero-order valence-corrected chi connectivity index (χ0v) is 8.60. The molecule has 1 aliphatic carbocycles. The summed E-state index contributed by atoms with van der Waals surface area (Å²) in [4.78, 5) is 9.53. The molecule has 1 aliphatic rings. The molecule has 3 rings (SSSR count). The van der Waals surface area contributed by atoms with Gasteiger partial charge in [-0.3, -0.25) is 4.98 Å². The standard InChI is InChI=1S/C12H12N2O/c1-15-14-11-5-3-2-4-9(11)10-6-7-13-8-12(10)14/h3,5-8H,2,4H2,1H3. The van der Waals surface area contributed by atoms with E-state index < -0.39 is 0 Å². The maximum absolute atomic E-state index is 5.39. The molecule has 0 radical (unpaired) electrons. The minimum absolute atomic E-state index is 1.05. The number of hydrogen-bond donors (Lipinski definition) is 0. The Morgan fingerprint density at radius 3 is 3.27 bits per heavy atom. The molecular weight excluding hydrogens is 188 g/mol. The zero-order chi connectivity index (χ0) is 10.3. The van der Waals surface area contributed by atoms with Gasteiger partial charge in [0.25, 0.3) is 0 Å². The summed E-state index contributed by atoms with van der Waals surface area (Å²) in [6.45, 7) is 0. The Balaban J connectivity index is 2.43. The minimum atomic E-state index is 1.05. The van der Waals surface area contributed by atoms with Crippen molar-refractivity contribution in [2.75, 3.05) is 7.11 Å². The second kappa shape index (κ2) is 3.12. The van der Waals surface area contributed by atoms with Gasteiger partial charge in [0.05, 0.1) is 11.9 Å². The summed E-state index contributed by atoms with van der Waals surface area (Å²) in [7, 11) is 1.69. The first-order chi connectivity index (χ1) is 7.42. The molecule has 0 amide bonds. The van der Waals surface area contributed by atoms with Crippen molar-refractivity contribution in [1.82, 2.24) is 9.71 Å². The number of pyridine rings is 1. The van der Waals surface area contributed by atoms with E-state index in [-0.39, 0.29) is 0 Å². The van der Waals surface area contributed by atoms with E-state index in [4.69, 9.17) is 4.84 Å². The number of fused-ring (bicyclic) bond motifs is 3. The lowest BCUT2D eigenvalue weighted by Gasteiger charge is -2.08. The number of allylic oxidation sites excluding steroid dienone is 1. The Morgan fingerprint density at radius 2 is 2.40 bits per heavy atom. The Labute approximate surface area is 87.9 Å². The van der Waals surface area contributed by atoms with Crippen LogP contribution in [0, 0.1) is 0 Å². The highest BCUT2D eigenvalue weighted by Gasteiger charge is 2.17. The van der Waals surface area contributed by atoms with Crippen LogP contribution in [0.3, 0.4) is 0 Å². The Hall–Kier alpha value is -1.77. The van der Waals surface area contributed by atoms with Gasteiger partial charge in [-0.2, -0.15) is 4.73 Å². The molecule has 76 valence electrons. The fraction of sp³-hybridized carbons (Fsp3) is 0.250. The first-order valence-electron chi connectivity index (χ1n) is 5.10. The van der Waals surface area contributed by atoms with Crippen molar-refractivity contribution < 1.29 is 4.84 Å². The van der Waals surface area contributed by atoms with Crippen LogP contribution in [0.2, 0.25) is 0 Å². The molecule has 0 aromatic carbocycles. The smallest absolute Gasteiger partial charge is 0.106 e. The van der Waals surface area contributed by atoms with Crippen LogP contribution < -0.4 is 4.84 Å². The average molecular weight is 200 g/mol. The number of hydrogen-bond acceptors (Lipinski definition) is 2. The average Bonchev–Trinajstić information content (AvgIpc) is 2.63. The lowest BCUT2D eigenvalue weighted by atomic mass is 10.0. The second-order valence-corrected chi connectivity index (χ2v) is 3.67. The van der Waals surface area contributed by atoms with Gasteiger partial charge >= 0.3 is 0 Å². The van der Waals surface area contributed by atoms with Crippen molar-refractivity contribution in [2.24, 2.45) is 0 Å². The summed E-state index contributed by atoms with van der Waals surface area (Å²) >= 11 is 0. The van der Waals surface area contributed by atoms with Crippen molar-refractivity contribution in [2.45, 2.75) is 12.8 Å². The summed E-state index contributed by atoms with van der Waals surface area (Å²) in [6.07, 6.45) is 10.2. The number of rotatable bonds is 1. The molecule has 3 heteroatoms. The molecule has 15 heavy (non-hydrogen) atoms.